The second-order valence-electron chi connectivity index (χ2n) is 3.95. The number of carbonyl (C=O) groups is 1. The lowest BCUT2D eigenvalue weighted by Crippen LogP contribution is -2.04. The van der Waals surface area contributed by atoms with Crippen LogP contribution in [-0.4, -0.2) is 11.1 Å². The molecule has 2 rings (SSSR count). The maximum Gasteiger partial charge on any atom is 0.307 e. The largest absolute Gasteiger partial charge is 0.481 e. The Morgan fingerprint density at radius 2 is 1.65 bits per heavy atom. The first kappa shape index (κ1) is 16.3. The number of hydrogen-bond donors (Lipinski definition) is 2. The second-order valence-corrected chi connectivity index (χ2v) is 4.76. The molecule has 2 N–H and O–H groups in total. The van der Waals surface area contributed by atoms with Crippen LogP contribution in [-0.2, 0) is 11.2 Å². The number of anilines is 2. The highest BCUT2D eigenvalue weighted by atomic mass is 35.5. The third-order valence-corrected chi connectivity index (χ3v) is 3.21. The first-order valence-corrected chi connectivity index (χ1v) is 6.34. The Kier molecular flexibility index (Phi) is 5.80. The standard InChI is InChI=1S/C14H11Cl2NO2.FH/c15-10-5-3-6-11(16)14(10)17-12-7-2-1-4-9(12)8-13(18)19;/h1-7,17H,8H2,(H,18,19);1H. The first-order chi connectivity index (χ1) is 9.08. The average Bonchev–Trinajstić information content (AvgIpc) is 2.35. The van der Waals surface area contributed by atoms with Crippen molar-refractivity contribution in [3.05, 3.63) is 58.1 Å². The van der Waals surface area contributed by atoms with Gasteiger partial charge in [-0.2, -0.15) is 0 Å². The van der Waals surface area contributed by atoms with E-state index in [2.05, 4.69) is 5.32 Å². The summed E-state index contributed by atoms with van der Waals surface area (Å²) in [7, 11) is 0. The van der Waals surface area contributed by atoms with E-state index >= 15 is 0 Å². The minimum absolute atomic E-state index is 0. The fraction of sp³-hybridized carbons (Fsp3) is 0.0714. The lowest BCUT2D eigenvalue weighted by molar-refractivity contribution is -0.136. The molecule has 0 heterocycles. The third kappa shape index (κ3) is 3.85. The van der Waals surface area contributed by atoms with E-state index < -0.39 is 5.97 Å². The molecule has 0 radical (unpaired) electrons. The molecule has 2 aromatic carbocycles. The molecule has 0 saturated heterocycles. The summed E-state index contributed by atoms with van der Waals surface area (Å²) < 4.78 is 0. The maximum atomic E-state index is 10.8. The van der Waals surface area contributed by atoms with Crippen LogP contribution in [0.25, 0.3) is 0 Å². The van der Waals surface area contributed by atoms with E-state index in [9.17, 15) is 4.79 Å². The Morgan fingerprint density at radius 1 is 1.05 bits per heavy atom. The number of carboxylic acid groups (broad SMARTS) is 1. The summed E-state index contributed by atoms with van der Waals surface area (Å²) in [6, 6.07) is 12.3. The first-order valence-electron chi connectivity index (χ1n) is 5.58. The number of aliphatic carboxylic acids is 1. The van der Waals surface area contributed by atoms with Crippen molar-refractivity contribution in [1.29, 1.82) is 0 Å². The van der Waals surface area contributed by atoms with Crippen molar-refractivity contribution in [2.45, 2.75) is 6.42 Å². The summed E-state index contributed by atoms with van der Waals surface area (Å²) >= 11 is 12.1. The van der Waals surface area contributed by atoms with E-state index in [0.717, 1.165) is 0 Å². The van der Waals surface area contributed by atoms with E-state index in [-0.39, 0.29) is 11.1 Å². The summed E-state index contributed by atoms with van der Waals surface area (Å²) in [5.74, 6) is -0.889. The maximum absolute atomic E-state index is 10.8. The number of rotatable bonds is 4. The van der Waals surface area contributed by atoms with Crippen LogP contribution in [0.2, 0.25) is 10.0 Å². The topological polar surface area (TPSA) is 49.3 Å². The smallest absolute Gasteiger partial charge is 0.307 e. The van der Waals surface area contributed by atoms with Gasteiger partial charge in [0, 0.05) is 5.69 Å². The quantitative estimate of drug-likeness (QED) is 0.872. The molecule has 0 atom stereocenters. The number of halogens is 3. The second kappa shape index (κ2) is 7.12. The van der Waals surface area contributed by atoms with Gasteiger partial charge in [0.1, 0.15) is 0 Å². The molecule has 0 aliphatic rings. The van der Waals surface area contributed by atoms with Crippen molar-refractivity contribution in [3.63, 3.8) is 0 Å². The molecule has 0 spiro atoms. The summed E-state index contributed by atoms with van der Waals surface area (Å²) in [6.07, 6.45) is -0.0642. The minimum Gasteiger partial charge on any atom is -0.481 e. The van der Waals surface area contributed by atoms with Crippen molar-refractivity contribution in [2.75, 3.05) is 5.32 Å². The molecule has 20 heavy (non-hydrogen) atoms. The van der Waals surface area contributed by atoms with Crippen molar-refractivity contribution in [2.24, 2.45) is 0 Å². The van der Waals surface area contributed by atoms with E-state index in [1.807, 2.05) is 6.07 Å². The zero-order chi connectivity index (χ0) is 13.8. The van der Waals surface area contributed by atoms with Crippen LogP contribution in [0.1, 0.15) is 5.56 Å². The SMILES string of the molecule is F.O=C(O)Cc1ccccc1Nc1c(Cl)cccc1Cl. The van der Waals surface area contributed by atoms with E-state index in [1.54, 1.807) is 36.4 Å². The molecule has 106 valence electrons. The Labute approximate surface area is 125 Å². The zero-order valence-electron chi connectivity index (χ0n) is 10.3. The predicted molar refractivity (Wildman–Crippen MR) is 80.0 cm³/mol. The lowest BCUT2D eigenvalue weighted by Gasteiger charge is -2.13. The van der Waals surface area contributed by atoms with Gasteiger partial charge in [-0.15, -0.1) is 0 Å². The third-order valence-electron chi connectivity index (χ3n) is 2.58. The molecule has 6 heteroatoms. The molecule has 0 aromatic heterocycles. The van der Waals surface area contributed by atoms with Gasteiger partial charge < -0.3 is 10.4 Å². The van der Waals surface area contributed by atoms with Crippen LogP contribution in [0, 0.1) is 0 Å². The molecule has 0 bridgehead atoms. The van der Waals surface area contributed by atoms with Gasteiger partial charge in [-0.3, -0.25) is 9.50 Å². The molecule has 3 nitrogen and oxygen atoms in total. The van der Waals surface area contributed by atoms with Gasteiger partial charge in [0.2, 0.25) is 0 Å². The summed E-state index contributed by atoms with van der Waals surface area (Å²) in [4.78, 5) is 10.8. The number of nitrogens with one attached hydrogen (secondary N) is 1. The molecule has 0 saturated carbocycles. The highest BCUT2D eigenvalue weighted by molar-refractivity contribution is 6.39. The van der Waals surface area contributed by atoms with E-state index in [1.165, 1.54) is 0 Å². The molecular weight excluding hydrogens is 304 g/mol. The van der Waals surface area contributed by atoms with Crippen molar-refractivity contribution in [3.8, 4) is 0 Å². The van der Waals surface area contributed by atoms with Crippen molar-refractivity contribution < 1.29 is 14.6 Å². The Balaban J connectivity index is 0.00000200. The van der Waals surface area contributed by atoms with Crippen molar-refractivity contribution >= 4 is 40.5 Å². The summed E-state index contributed by atoms with van der Waals surface area (Å²) in [5, 5.41) is 12.9. The van der Waals surface area contributed by atoms with Crippen LogP contribution in [0.3, 0.4) is 0 Å². The Bertz CT molecular complexity index is 600. The molecule has 2 aromatic rings. The molecule has 0 fully saturated rings. The van der Waals surface area contributed by atoms with Crippen LogP contribution in [0.15, 0.2) is 42.5 Å². The molecule has 0 amide bonds. The van der Waals surface area contributed by atoms with Gasteiger partial charge in [-0.25, -0.2) is 0 Å². The van der Waals surface area contributed by atoms with Crippen LogP contribution >= 0.6 is 23.2 Å². The minimum atomic E-state index is -0.889. The van der Waals surface area contributed by atoms with Crippen molar-refractivity contribution in [1.82, 2.24) is 0 Å². The van der Waals surface area contributed by atoms with Crippen LogP contribution in [0.5, 0.6) is 0 Å². The molecule has 0 unspecified atom stereocenters. The average molecular weight is 316 g/mol. The molecule has 0 aliphatic carbocycles. The van der Waals surface area contributed by atoms with Gasteiger partial charge in [-0.1, -0.05) is 47.5 Å². The van der Waals surface area contributed by atoms with E-state index in [4.69, 9.17) is 28.3 Å². The van der Waals surface area contributed by atoms with Gasteiger partial charge in [0.15, 0.2) is 0 Å². The van der Waals surface area contributed by atoms with Crippen LogP contribution in [0.4, 0.5) is 16.1 Å². The van der Waals surface area contributed by atoms with Crippen LogP contribution < -0.4 is 5.32 Å². The fourth-order valence-corrected chi connectivity index (χ4v) is 2.20. The fourth-order valence-electron chi connectivity index (χ4n) is 1.71. The highest BCUT2D eigenvalue weighted by Gasteiger charge is 2.10. The monoisotopic (exact) mass is 315 g/mol. The Morgan fingerprint density at radius 3 is 2.25 bits per heavy atom. The Hall–Kier alpha value is -1.78. The summed E-state index contributed by atoms with van der Waals surface area (Å²) in [6.45, 7) is 0. The van der Waals surface area contributed by atoms with E-state index in [0.29, 0.717) is 27.0 Å². The molecule has 0 aliphatic heterocycles. The highest BCUT2D eigenvalue weighted by Crippen LogP contribution is 2.33. The van der Waals surface area contributed by atoms with Gasteiger partial charge in [-0.05, 0) is 23.8 Å². The normalized spacial score (nSPS) is 9.70. The molecular formula is C14H12Cl2FNO2. The summed E-state index contributed by atoms with van der Waals surface area (Å²) in [5.41, 5.74) is 1.93. The number of para-hydroxylation sites is 2. The van der Waals surface area contributed by atoms with Gasteiger partial charge >= 0.3 is 5.97 Å². The predicted octanol–water partition coefficient (Wildman–Crippen LogP) is 4.52. The number of hydrogen-bond acceptors (Lipinski definition) is 2. The number of benzene rings is 2. The zero-order valence-corrected chi connectivity index (χ0v) is 11.8. The number of carboxylic acids is 1. The van der Waals surface area contributed by atoms with Gasteiger partial charge in [0.05, 0.1) is 22.2 Å². The van der Waals surface area contributed by atoms with Gasteiger partial charge in [0.25, 0.3) is 0 Å². The lowest BCUT2D eigenvalue weighted by atomic mass is 10.1.